The van der Waals surface area contributed by atoms with E-state index in [1.807, 2.05) is 58.2 Å². The highest BCUT2D eigenvalue weighted by molar-refractivity contribution is 5.65. The average Bonchev–Trinajstić information content (AvgIpc) is 3.08. The summed E-state index contributed by atoms with van der Waals surface area (Å²) >= 11 is 0. The number of aliphatic hydroxyl groups excluding tert-OH is 1. The van der Waals surface area contributed by atoms with E-state index in [-0.39, 0.29) is 18.0 Å². The lowest BCUT2D eigenvalue weighted by atomic mass is 10.1. The van der Waals surface area contributed by atoms with Crippen molar-refractivity contribution in [3.8, 4) is 22.9 Å². The largest absolute Gasteiger partial charge is 0.439 e. The molecule has 0 saturated heterocycles. The van der Waals surface area contributed by atoms with Crippen molar-refractivity contribution >= 4 is 0 Å². The van der Waals surface area contributed by atoms with Gasteiger partial charge in [-0.2, -0.15) is 5.10 Å². The Bertz CT molecular complexity index is 1060. The minimum atomic E-state index is -0.633. The van der Waals surface area contributed by atoms with Crippen molar-refractivity contribution in [2.45, 2.75) is 52.9 Å². The van der Waals surface area contributed by atoms with Gasteiger partial charge in [-0.1, -0.05) is 44.2 Å². The molecule has 1 heterocycles. The Balaban J connectivity index is 1.94. The second-order valence-corrected chi connectivity index (χ2v) is 10.3. The van der Waals surface area contributed by atoms with Crippen molar-refractivity contribution < 1.29 is 19.0 Å². The number of ether oxygens (including phenoxy) is 2. The first-order chi connectivity index (χ1) is 16.5. The van der Waals surface area contributed by atoms with E-state index in [2.05, 4.69) is 18.7 Å². The minimum Gasteiger partial charge on any atom is -0.439 e. The SMILES string of the molecule is CC(C)CN(Cc1c(-c2ccccc2)nn(C)c1Oc1ccc(F)cc1)CC(O)COC(C)(C)C. The molecular weight excluding hydrogens is 445 g/mol. The van der Waals surface area contributed by atoms with Gasteiger partial charge < -0.3 is 14.6 Å². The van der Waals surface area contributed by atoms with Crippen LogP contribution in [0.15, 0.2) is 54.6 Å². The zero-order valence-corrected chi connectivity index (χ0v) is 21.7. The number of nitrogens with zero attached hydrogens (tertiary/aromatic N) is 3. The predicted octanol–water partition coefficient (Wildman–Crippen LogP) is 5.65. The summed E-state index contributed by atoms with van der Waals surface area (Å²) in [6.45, 7) is 12.3. The molecule has 1 atom stereocenters. The predicted molar refractivity (Wildman–Crippen MR) is 137 cm³/mol. The topological polar surface area (TPSA) is 59.8 Å². The van der Waals surface area contributed by atoms with Gasteiger partial charge >= 0.3 is 0 Å². The van der Waals surface area contributed by atoms with Gasteiger partial charge in [0.1, 0.15) is 17.3 Å². The number of aryl methyl sites for hydroxylation is 1. The second-order valence-electron chi connectivity index (χ2n) is 10.3. The number of hydrogen-bond donors (Lipinski definition) is 1. The van der Waals surface area contributed by atoms with Crippen LogP contribution < -0.4 is 4.74 Å². The Labute approximate surface area is 208 Å². The van der Waals surface area contributed by atoms with Gasteiger partial charge in [-0.25, -0.2) is 9.07 Å². The summed E-state index contributed by atoms with van der Waals surface area (Å²) in [5.41, 5.74) is 2.39. The van der Waals surface area contributed by atoms with Crippen LogP contribution in [0.3, 0.4) is 0 Å². The first kappa shape index (κ1) is 26.9. The maximum Gasteiger partial charge on any atom is 0.222 e. The zero-order chi connectivity index (χ0) is 25.6. The maximum atomic E-state index is 13.4. The highest BCUT2D eigenvalue weighted by Crippen LogP contribution is 2.34. The molecule has 3 rings (SSSR count). The van der Waals surface area contributed by atoms with Crippen LogP contribution in [0.25, 0.3) is 11.3 Å². The third-order valence-electron chi connectivity index (χ3n) is 5.35. The first-order valence-corrected chi connectivity index (χ1v) is 12.1. The summed E-state index contributed by atoms with van der Waals surface area (Å²) in [6, 6.07) is 15.9. The van der Waals surface area contributed by atoms with Crippen LogP contribution in [-0.4, -0.2) is 51.2 Å². The van der Waals surface area contributed by atoms with Crippen molar-refractivity contribution in [1.29, 1.82) is 0 Å². The highest BCUT2D eigenvalue weighted by atomic mass is 19.1. The van der Waals surface area contributed by atoms with Gasteiger partial charge in [0.25, 0.3) is 0 Å². The molecule has 7 heteroatoms. The van der Waals surface area contributed by atoms with Gasteiger partial charge in [-0.3, -0.25) is 4.90 Å². The fourth-order valence-corrected chi connectivity index (χ4v) is 3.91. The number of halogens is 1. The van der Waals surface area contributed by atoms with E-state index in [1.165, 1.54) is 12.1 Å². The van der Waals surface area contributed by atoms with Gasteiger partial charge in [-0.15, -0.1) is 0 Å². The Kier molecular flexibility index (Phi) is 9.05. The molecule has 0 fully saturated rings. The van der Waals surface area contributed by atoms with Gasteiger partial charge in [-0.05, 0) is 51.0 Å². The molecule has 0 amide bonds. The number of benzene rings is 2. The van der Waals surface area contributed by atoms with Crippen molar-refractivity contribution in [2.75, 3.05) is 19.7 Å². The molecule has 0 spiro atoms. The number of aromatic nitrogens is 2. The summed E-state index contributed by atoms with van der Waals surface area (Å²) in [5, 5.41) is 15.5. The van der Waals surface area contributed by atoms with E-state index in [4.69, 9.17) is 14.6 Å². The van der Waals surface area contributed by atoms with Crippen molar-refractivity contribution in [2.24, 2.45) is 13.0 Å². The van der Waals surface area contributed by atoms with Crippen LogP contribution in [0.1, 0.15) is 40.2 Å². The second kappa shape index (κ2) is 11.8. The number of hydrogen-bond acceptors (Lipinski definition) is 5. The summed E-state index contributed by atoms with van der Waals surface area (Å²) < 4.78 is 27.2. The van der Waals surface area contributed by atoms with E-state index < -0.39 is 6.10 Å². The van der Waals surface area contributed by atoms with Crippen molar-refractivity contribution in [3.05, 3.63) is 66.0 Å². The molecule has 0 radical (unpaired) electrons. The minimum absolute atomic E-state index is 0.260. The van der Waals surface area contributed by atoms with Crippen LogP contribution in [0.4, 0.5) is 4.39 Å². The molecule has 6 nitrogen and oxygen atoms in total. The van der Waals surface area contributed by atoms with Crippen molar-refractivity contribution in [1.82, 2.24) is 14.7 Å². The van der Waals surface area contributed by atoms with Crippen molar-refractivity contribution in [3.63, 3.8) is 0 Å². The zero-order valence-electron chi connectivity index (χ0n) is 21.7. The van der Waals surface area contributed by atoms with Crippen LogP contribution >= 0.6 is 0 Å². The molecule has 3 aromatic rings. The van der Waals surface area contributed by atoms with E-state index in [0.717, 1.165) is 23.4 Å². The third-order valence-corrected chi connectivity index (χ3v) is 5.35. The van der Waals surface area contributed by atoms with E-state index in [9.17, 15) is 9.50 Å². The average molecular weight is 484 g/mol. The number of rotatable bonds is 11. The Morgan fingerprint density at radius 1 is 1.03 bits per heavy atom. The monoisotopic (exact) mass is 483 g/mol. The lowest BCUT2D eigenvalue weighted by Crippen LogP contribution is -2.38. The molecule has 0 bridgehead atoms. The molecule has 35 heavy (non-hydrogen) atoms. The number of aliphatic hydroxyl groups is 1. The molecular formula is C28H38FN3O3. The molecule has 190 valence electrons. The maximum absolute atomic E-state index is 13.4. The van der Waals surface area contributed by atoms with Gasteiger partial charge in [0.05, 0.1) is 23.9 Å². The molecule has 0 aliphatic heterocycles. The fraction of sp³-hybridized carbons (Fsp3) is 0.464. The van der Waals surface area contributed by atoms with Crippen LogP contribution in [0, 0.1) is 11.7 Å². The quantitative estimate of drug-likeness (QED) is 0.382. The molecule has 1 unspecified atom stereocenters. The van der Waals surface area contributed by atoms with Crippen LogP contribution in [-0.2, 0) is 18.3 Å². The molecule has 0 aliphatic rings. The van der Waals surface area contributed by atoms with E-state index in [1.54, 1.807) is 16.8 Å². The normalized spacial score (nSPS) is 13.0. The fourth-order valence-electron chi connectivity index (χ4n) is 3.91. The summed E-state index contributed by atoms with van der Waals surface area (Å²) in [4.78, 5) is 2.21. The lowest BCUT2D eigenvalue weighted by Gasteiger charge is -2.28. The van der Waals surface area contributed by atoms with Gasteiger partial charge in [0, 0.05) is 32.2 Å². The Hall–Kier alpha value is -2.74. The Morgan fingerprint density at radius 3 is 2.29 bits per heavy atom. The highest BCUT2D eigenvalue weighted by Gasteiger charge is 2.24. The summed E-state index contributed by atoms with van der Waals surface area (Å²) in [7, 11) is 1.84. The van der Waals surface area contributed by atoms with Crippen LogP contribution in [0.5, 0.6) is 11.6 Å². The third kappa shape index (κ3) is 8.16. The smallest absolute Gasteiger partial charge is 0.222 e. The van der Waals surface area contributed by atoms with Gasteiger partial charge in [0.15, 0.2) is 0 Å². The van der Waals surface area contributed by atoms with Crippen LogP contribution in [0.2, 0.25) is 0 Å². The van der Waals surface area contributed by atoms with E-state index in [0.29, 0.717) is 30.6 Å². The molecule has 1 N–H and O–H groups in total. The molecule has 2 aromatic carbocycles. The standard InChI is InChI=1S/C28H38FN3O3/c1-20(2)16-32(17-23(33)19-34-28(3,4)5)18-25-26(21-10-8-7-9-11-21)30-31(6)27(25)35-24-14-12-22(29)13-15-24/h7-15,20,23,33H,16-19H2,1-6H3. The lowest BCUT2D eigenvalue weighted by molar-refractivity contribution is -0.0573. The van der Waals surface area contributed by atoms with E-state index >= 15 is 0 Å². The van der Waals surface area contributed by atoms with Gasteiger partial charge in [0.2, 0.25) is 5.88 Å². The summed E-state index contributed by atoms with van der Waals surface area (Å²) in [6.07, 6.45) is -0.633. The Morgan fingerprint density at radius 2 is 1.69 bits per heavy atom. The molecule has 1 aromatic heterocycles. The molecule has 0 aliphatic carbocycles. The summed E-state index contributed by atoms with van der Waals surface area (Å²) in [5.74, 6) is 1.19. The molecule has 0 saturated carbocycles. The first-order valence-electron chi connectivity index (χ1n) is 12.1.